The minimum atomic E-state index is 0.492. The molecule has 29 heavy (non-hydrogen) atoms. The normalized spacial score (nSPS) is 10.8. The minimum absolute atomic E-state index is 0.492. The third-order valence-corrected chi connectivity index (χ3v) is 5.82. The van der Waals surface area contributed by atoms with E-state index in [0.29, 0.717) is 23.5 Å². The molecule has 0 aliphatic carbocycles. The Morgan fingerprint density at radius 2 is 1.90 bits per heavy atom. The zero-order chi connectivity index (χ0) is 20.1. The van der Waals surface area contributed by atoms with Crippen molar-refractivity contribution >= 4 is 23.1 Å². The fourth-order valence-corrected chi connectivity index (χ4v) is 4.22. The first-order chi connectivity index (χ1) is 14.2. The maximum atomic E-state index is 5.77. The van der Waals surface area contributed by atoms with Crippen LogP contribution in [0.5, 0.6) is 11.5 Å². The van der Waals surface area contributed by atoms with Crippen molar-refractivity contribution in [2.45, 2.75) is 17.9 Å². The third-order valence-electron chi connectivity index (χ3n) is 4.03. The number of nitrogens with zero attached hydrogens (tertiary/aromatic N) is 3. The van der Waals surface area contributed by atoms with Gasteiger partial charge in [-0.25, -0.2) is 4.98 Å². The van der Waals surface area contributed by atoms with Crippen molar-refractivity contribution in [1.29, 1.82) is 0 Å². The lowest BCUT2D eigenvalue weighted by Gasteiger charge is -2.02. The third kappa shape index (κ3) is 4.78. The Morgan fingerprint density at radius 1 is 1.03 bits per heavy atom. The van der Waals surface area contributed by atoms with Crippen molar-refractivity contribution in [2.75, 3.05) is 13.7 Å². The first kappa shape index (κ1) is 19.5. The quantitative estimate of drug-likeness (QED) is 0.342. The smallest absolute Gasteiger partial charge is 0.277 e. The summed E-state index contributed by atoms with van der Waals surface area (Å²) in [5.41, 5.74) is 2.88. The lowest BCUT2D eigenvalue weighted by Crippen LogP contribution is -1.90. The number of methoxy groups -OCH3 is 1. The molecule has 0 amide bonds. The van der Waals surface area contributed by atoms with Crippen LogP contribution in [0.2, 0.25) is 0 Å². The molecule has 0 fully saturated rings. The number of hydrogen-bond acceptors (Lipinski definition) is 8. The molecule has 0 saturated heterocycles. The van der Waals surface area contributed by atoms with Crippen molar-refractivity contribution < 1.29 is 13.9 Å². The number of aromatic nitrogens is 3. The van der Waals surface area contributed by atoms with Gasteiger partial charge in [0.1, 0.15) is 16.5 Å². The molecule has 0 saturated carbocycles. The van der Waals surface area contributed by atoms with Gasteiger partial charge in [-0.3, -0.25) is 0 Å². The zero-order valence-corrected chi connectivity index (χ0v) is 17.6. The van der Waals surface area contributed by atoms with Crippen LogP contribution < -0.4 is 9.47 Å². The van der Waals surface area contributed by atoms with E-state index in [4.69, 9.17) is 18.9 Å². The molecule has 2 aromatic heterocycles. The van der Waals surface area contributed by atoms with Crippen LogP contribution in [-0.2, 0) is 5.75 Å². The molecule has 4 rings (SSSR count). The van der Waals surface area contributed by atoms with Crippen LogP contribution in [0, 0.1) is 0 Å². The second-order valence-electron chi connectivity index (χ2n) is 6.00. The Balaban J connectivity index is 1.39. The highest BCUT2D eigenvalue weighted by molar-refractivity contribution is 7.98. The average Bonchev–Trinajstić information content (AvgIpc) is 3.43. The predicted octanol–water partition coefficient (Wildman–Crippen LogP) is 5.56. The van der Waals surface area contributed by atoms with Gasteiger partial charge >= 0.3 is 0 Å². The summed E-state index contributed by atoms with van der Waals surface area (Å²) in [7, 11) is 1.66. The van der Waals surface area contributed by atoms with Gasteiger partial charge < -0.3 is 13.9 Å². The Kier molecular flexibility index (Phi) is 6.12. The number of ether oxygens (including phenoxy) is 2. The molecule has 0 unspecified atom stereocenters. The van der Waals surface area contributed by atoms with Gasteiger partial charge in [-0.1, -0.05) is 23.9 Å². The highest BCUT2D eigenvalue weighted by Gasteiger charge is 2.11. The number of hydrogen-bond donors (Lipinski definition) is 0. The molecule has 8 heteroatoms. The minimum Gasteiger partial charge on any atom is -0.497 e. The molecule has 0 bridgehead atoms. The van der Waals surface area contributed by atoms with E-state index in [1.807, 2.05) is 60.8 Å². The predicted molar refractivity (Wildman–Crippen MR) is 115 cm³/mol. The van der Waals surface area contributed by atoms with E-state index in [1.165, 1.54) is 11.8 Å². The summed E-state index contributed by atoms with van der Waals surface area (Å²) in [5.74, 6) is 2.79. The Morgan fingerprint density at radius 3 is 2.69 bits per heavy atom. The summed E-state index contributed by atoms with van der Waals surface area (Å²) < 4.78 is 16.5. The lowest BCUT2D eigenvalue weighted by molar-refractivity contribution is 0.340. The highest BCUT2D eigenvalue weighted by atomic mass is 32.2. The molecule has 0 radical (unpaired) electrons. The molecule has 2 aromatic carbocycles. The van der Waals surface area contributed by atoms with Gasteiger partial charge in [0.15, 0.2) is 0 Å². The summed E-state index contributed by atoms with van der Waals surface area (Å²) in [5, 5.41) is 11.8. The first-order valence-corrected chi connectivity index (χ1v) is 10.9. The summed E-state index contributed by atoms with van der Waals surface area (Å²) in [6.07, 6.45) is 0. The molecular formula is C21H19N3O3S2. The maximum Gasteiger partial charge on any atom is 0.277 e. The van der Waals surface area contributed by atoms with E-state index in [1.54, 1.807) is 18.4 Å². The van der Waals surface area contributed by atoms with Crippen LogP contribution in [0.4, 0.5) is 0 Å². The summed E-state index contributed by atoms with van der Waals surface area (Å²) in [6, 6.07) is 15.5. The molecule has 0 aliphatic heterocycles. The van der Waals surface area contributed by atoms with Crippen molar-refractivity contribution in [3.63, 3.8) is 0 Å². The molecule has 0 aliphatic rings. The lowest BCUT2D eigenvalue weighted by atomic mass is 10.2. The van der Waals surface area contributed by atoms with E-state index in [2.05, 4.69) is 10.2 Å². The zero-order valence-electron chi connectivity index (χ0n) is 16.0. The molecule has 4 aromatic rings. The monoisotopic (exact) mass is 425 g/mol. The standard InChI is InChI=1S/C21H19N3O3S2/c1-3-26-17-9-7-14(8-10-17)19-23-24-21(27-19)29-13-16-12-28-20(22-16)15-5-4-6-18(11-15)25-2/h4-12H,3,13H2,1-2H3. The van der Waals surface area contributed by atoms with E-state index in [0.717, 1.165) is 33.3 Å². The number of thiazole rings is 1. The van der Waals surface area contributed by atoms with Crippen molar-refractivity contribution in [3.05, 3.63) is 59.6 Å². The van der Waals surface area contributed by atoms with Crippen molar-refractivity contribution in [3.8, 4) is 33.5 Å². The van der Waals surface area contributed by atoms with Gasteiger partial charge in [0, 0.05) is 22.3 Å². The van der Waals surface area contributed by atoms with E-state index >= 15 is 0 Å². The van der Waals surface area contributed by atoms with Crippen LogP contribution in [0.15, 0.2) is 63.6 Å². The fourth-order valence-electron chi connectivity index (χ4n) is 2.64. The second-order valence-corrected chi connectivity index (χ2v) is 7.78. The molecule has 6 nitrogen and oxygen atoms in total. The largest absolute Gasteiger partial charge is 0.497 e. The number of benzene rings is 2. The van der Waals surface area contributed by atoms with Gasteiger partial charge in [-0.05, 0) is 43.3 Å². The highest BCUT2D eigenvalue weighted by Crippen LogP contribution is 2.30. The van der Waals surface area contributed by atoms with E-state index in [9.17, 15) is 0 Å². The molecular weight excluding hydrogens is 406 g/mol. The average molecular weight is 426 g/mol. The molecule has 0 atom stereocenters. The first-order valence-electron chi connectivity index (χ1n) is 9.03. The number of thioether (sulfide) groups is 1. The summed E-state index contributed by atoms with van der Waals surface area (Å²) in [4.78, 5) is 4.70. The van der Waals surface area contributed by atoms with E-state index < -0.39 is 0 Å². The van der Waals surface area contributed by atoms with Crippen LogP contribution in [-0.4, -0.2) is 28.9 Å². The number of rotatable bonds is 8. The Labute approximate surface area is 176 Å². The van der Waals surface area contributed by atoms with Gasteiger partial charge in [-0.15, -0.1) is 21.5 Å². The second kappa shape index (κ2) is 9.11. The molecule has 0 N–H and O–H groups in total. The van der Waals surface area contributed by atoms with E-state index in [-0.39, 0.29) is 0 Å². The van der Waals surface area contributed by atoms with Crippen molar-refractivity contribution in [1.82, 2.24) is 15.2 Å². The van der Waals surface area contributed by atoms with Gasteiger partial charge in [0.05, 0.1) is 19.4 Å². The van der Waals surface area contributed by atoms with Crippen LogP contribution >= 0.6 is 23.1 Å². The van der Waals surface area contributed by atoms with Crippen molar-refractivity contribution in [2.24, 2.45) is 0 Å². The fraction of sp³-hybridized carbons (Fsp3) is 0.190. The maximum absolute atomic E-state index is 5.77. The molecule has 148 valence electrons. The van der Waals surface area contributed by atoms with Crippen LogP contribution in [0.1, 0.15) is 12.6 Å². The topological polar surface area (TPSA) is 70.3 Å². The molecule has 0 spiro atoms. The van der Waals surface area contributed by atoms with Gasteiger partial charge in [0.25, 0.3) is 5.22 Å². The summed E-state index contributed by atoms with van der Waals surface area (Å²) >= 11 is 3.08. The Bertz CT molecular complexity index is 1080. The van der Waals surface area contributed by atoms with Gasteiger partial charge in [-0.2, -0.15) is 0 Å². The SMILES string of the molecule is CCOc1ccc(-c2nnc(SCc3csc(-c4cccc(OC)c4)n3)o2)cc1. The Hall–Kier alpha value is -2.84. The van der Waals surface area contributed by atoms with Crippen LogP contribution in [0.3, 0.4) is 0 Å². The molecule has 2 heterocycles. The van der Waals surface area contributed by atoms with Gasteiger partial charge in [0.2, 0.25) is 5.89 Å². The van der Waals surface area contributed by atoms with Crippen LogP contribution in [0.25, 0.3) is 22.0 Å². The summed E-state index contributed by atoms with van der Waals surface area (Å²) in [6.45, 7) is 2.59.